The Bertz CT molecular complexity index is 337. The second-order valence-corrected chi connectivity index (χ2v) is 4.61. The normalized spacial score (nSPS) is 15.5. The Morgan fingerprint density at radius 1 is 1.05 bits per heavy atom. The van der Waals surface area contributed by atoms with Gasteiger partial charge in [0.15, 0.2) is 0 Å². The zero-order valence-corrected chi connectivity index (χ0v) is 11.3. The van der Waals surface area contributed by atoms with Gasteiger partial charge in [0.25, 0.3) is 0 Å². The molecule has 19 heavy (non-hydrogen) atoms. The largest absolute Gasteiger partial charge is 0.387 e. The fraction of sp³-hybridized carbons (Fsp3) is 0.571. The van der Waals surface area contributed by atoms with E-state index in [0.29, 0.717) is 39.0 Å². The number of piperazine rings is 1. The van der Waals surface area contributed by atoms with E-state index < -0.39 is 6.61 Å². The van der Waals surface area contributed by atoms with Crippen LogP contribution in [0.3, 0.4) is 0 Å². The molecular formula is C14H22N2O3. The monoisotopic (exact) mass is 266 g/mol. The van der Waals surface area contributed by atoms with Crippen LogP contribution in [0.25, 0.3) is 0 Å². The van der Waals surface area contributed by atoms with Gasteiger partial charge in [0.05, 0.1) is 0 Å². The molecule has 5 heteroatoms. The van der Waals surface area contributed by atoms with Crippen LogP contribution in [0.5, 0.6) is 0 Å². The van der Waals surface area contributed by atoms with E-state index in [4.69, 9.17) is 5.11 Å². The van der Waals surface area contributed by atoms with Crippen LogP contribution in [0.4, 0.5) is 0 Å². The molecule has 0 radical (unpaired) electrons. The van der Waals surface area contributed by atoms with Crippen molar-refractivity contribution in [1.82, 2.24) is 9.80 Å². The van der Waals surface area contributed by atoms with Gasteiger partial charge in [-0.3, -0.25) is 9.59 Å². The van der Waals surface area contributed by atoms with Gasteiger partial charge < -0.3 is 14.9 Å². The van der Waals surface area contributed by atoms with Crippen molar-refractivity contribution in [2.75, 3.05) is 32.8 Å². The van der Waals surface area contributed by atoms with E-state index in [1.165, 1.54) is 0 Å². The maximum absolute atomic E-state index is 12.3. The molecule has 0 aliphatic carbocycles. The Morgan fingerprint density at radius 2 is 1.53 bits per heavy atom. The van der Waals surface area contributed by atoms with Crippen LogP contribution in [-0.4, -0.2) is 59.5 Å². The quantitative estimate of drug-likeness (QED) is 0.709. The molecule has 1 fully saturated rings. The molecular weight excluding hydrogens is 244 g/mol. The zero-order valence-electron chi connectivity index (χ0n) is 11.3. The van der Waals surface area contributed by atoms with Crippen LogP contribution >= 0.6 is 0 Å². The van der Waals surface area contributed by atoms with Gasteiger partial charge in [-0.25, -0.2) is 0 Å². The molecule has 2 amide bonds. The number of hydrogen-bond acceptors (Lipinski definition) is 3. The van der Waals surface area contributed by atoms with Crippen molar-refractivity contribution in [2.45, 2.75) is 12.8 Å². The summed E-state index contributed by atoms with van der Waals surface area (Å²) in [5, 5.41) is 8.80. The Hall–Kier alpha value is -1.62. The predicted octanol–water partition coefficient (Wildman–Crippen LogP) is 0.418. The lowest BCUT2D eigenvalue weighted by atomic mass is 9.99. The summed E-state index contributed by atoms with van der Waals surface area (Å²) in [6.45, 7) is 8.89. The topological polar surface area (TPSA) is 60.9 Å². The second kappa shape index (κ2) is 7.74. The van der Waals surface area contributed by atoms with Gasteiger partial charge in [0.1, 0.15) is 6.61 Å². The molecule has 1 N–H and O–H groups in total. The number of rotatable bonds is 6. The number of allylic oxidation sites excluding steroid dienone is 2. The molecule has 0 aromatic rings. The van der Waals surface area contributed by atoms with Crippen LogP contribution < -0.4 is 0 Å². The maximum Gasteiger partial charge on any atom is 0.248 e. The Labute approximate surface area is 114 Å². The number of aliphatic hydroxyl groups excluding tert-OH is 1. The van der Waals surface area contributed by atoms with Gasteiger partial charge in [0, 0.05) is 32.1 Å². The van der Waals surface area contributed by atoms with Crippen LogP contribution in [0.15, 0.2) is 25.3 Å². The van der Waals surface area contributed by atoms with Gasteiger partial charge >= 0.3 is 0 Å². The summed E-state index contributed by atoms with van der Waals surface area (Å²) in [5.41, 5.74) is 0. The Kier molecular flexibility index (Phi) is 6.29. The molecule has 1 aliphatic rings. The molecule has 0 aromatic carbocycles. The Morgan fingerprint density at radius 3 is 1.95 bits per heavy atom. The minimum Gasteiger partial charge on any atom is -0.387 e. The first-order valence-electron chi connectivity index (χ1n) is 6.53. The van der Waals surface area contributed by atoms with Gasteiger partial charge in [-0.05, 0) is 12.8 Å². The van der Waals surface area contributed by atoms with Crippen molar-refractivity contribution in [1.29, 1.82) is 0 Å². The molecule has 1 saturated heterocycles. The summed E-state index contributed by atoms with van der Waals surface area (Å²) in [7, 11) is 0. The summed E-state index contributed by atoms with van der Waals surface area (Å²) >= 11 is 0. The standard InChI is InChI=1S/C14H22N2O3/c1-3-5-12(6-4-2)14(19)16-9-7-15(8-10-16)13(18)11-17/h3-4,12,17H,1-2,5-11H2. The highest BCUT2D eigenvalue weighted by Gasteiger charge is 2.27. The van der Waals surface area contributed by atoms with E-state index in [0.717, 1.165) is 0 Å². The summed E-state index contributed by atoms with van der Waals surface area (Å²) < 4.78 is 0. The average molecular weight is 266 g/mol. The molecule has 0 spiro atoms. The van der Waals surface area contributed by atoms with Gasteiger partial charge in [-0.15, -0.1) is 13.2 Å². The number of nitrogens with zero attached hydrogens (tertiary/aromatic N) is 2. The third kappa shape index (κ3) is 4.21. The predicted molar refractivity (Wildman–Crippen MR) is 73.4 cm³/mol. The summed E-state index contributed by atoms with van der Waals surface area (Å²) in [6.07, 6.45) is 4.77. The first kappa shape index (κ1) is 15.4. The van der Waals surface area contributed by atoms with Gasteiger partial charge in [0.2, 0.25) is 11.8 Å². The summed E-state index contributed by atoms with van der Waals surface area (Å²) in [4.78, 5) is 27.0. The van der Waals surface area contributed by atoms with Crippen molar-refractivity contribution < 1.29 is 14.7 Å². The fourth-order valence-corrected chi connectivity index (χ4v) is 2.23. The van der Waals surface area contributed by atoms with Crippen LogP contribution in [0.1, 0.15) is 12.8 Å². The Balaban J connectivity index is 2.53. The van der Waals surface area contributed by atoms with Crippen molar-refractivity contribution in [2.24, 2.45) is 5.92 Å². The van der Waals surface area contributed by atoms with E-state index >= 15 is 0 Å². The highest BCUT2D eigenvalue weighted by atomic mass is 16.3. The molecule has 1 heterocycles. The van der Waals surface area contributed by atoms with Crippen LogP contribution in [0.2, 0.25) is 0 Å². The molecule has 106 valence electrons. The highest BCUT2D eigenvalue weighted by Crippen LogP contribution is 2.15. The second-order valence-electron chi connectivity index (χ2n) is 4.61. The maximum atomic E-state index is 12.3. The number of aliphatic hydroxyl groups is 1. The van der Waals surface area contributed by atoms with Crippen LogP contribution in [0, 0.1) is 5.92 Å². The van der Waals surface area contributed by atoms with Gasteiger partial charge in [-0.1, -0.05) is 12.2 Å². The molecule has 0 aromatic heterocycles. The average Bonchev–Trinajstić information content (AvgIpc) is 2.45. The molecule has 0 unspecified atom stereocenters. The first-order chi connectivity index (χ1) is 9.13. The van der Waals surface area contributed by atoms with Crippen molar-refractivity contribution in [3.8, 4) is 0 Å². The lowest BCUT2D eigenvalue weighted by molar-refractivity contribution is -0.143. The first-order valence-corrected chi connectivity index (χ1v) is 6.53. The third-order valence-corrected chi connectivity index (χ3v) is 3.33. The van der Waals surface area contributed by atoms with E-state index in [2.05, 4.69) is 13.2 Å². The van der Waals surface area contributed by atoms with Crippen molar-refractivity contribution in [3.05, 3.63) is 25.3 Å². The number of carbonyl (C=O) groups is 2. The highest BCUT2D eigenvalue weighted by molar-refractivity contribution is 5.80. The number of hydrogen-bond donors (Lipinski definition) is 1. The summed E-state index contributed by atoms with van der Waals surface area (Å²) in [5.74, 6) is -0.285. The van der Waals surface area contributed by atoms with E-state index in [-0.39, 0.29) is 17.7 Å². The van der Waals surface area contributed by atoms with Crippen molar-refractivity contribution >= 4 is 11.8 Å². The smallest absolute Gasteiger partial charge is 0.248 e. The van der Waals surface area contributed by atoms with Crippen LogP contribution in [-0.2, 0) is 9.59 Å². The lowest BCUT2D eigenvalue weighted by Gasteiger charge is -2.36. The molecule has 0 bridgehead atoms. The number of amides is 2. The minimum absolute atomic E-state index is 0.0934. The SMILES string of the molecule is C=CCC(CC=C)C(=O)N1CCN(C(=O)CO)CC1. The fourth-order valence-electron chi connectivity index (χ4n) is 2.23. The molecule has 0 atom stereocenters. The zero-order chi connectivity index (χ0) is 14.3. The van der Waals surface area contributed by atoms with Gasteiger partial charge in [-0.2, -0.15) is 0 Å². The lowest BCUT2D eigenvalue weighted by Crippen LogP contribution is -2.52. The molecule has 1 aliphatic heterocycles. The molecule has 1 rings (SSSR count). The number of carbonyl (C=O) groups excluding carboxylic acids is 2. The van der Waals surface area contributed by atoms with E-state index in [9.17, 15) is 9.59 Å². The third-order valence-electron chi connectivity index (χ3n) is 3.33. The molecule has 5 nitrogen and oxygen atoms in total. The minimum atomic E-state index is -0.469. The van der Waals surface area contributed by atoms with E-state index in [1.54, 1.807) is 22.0 Å². The van der Waals surface area contributed by atoms with E-state index in [1.807, 2.05) is 0 Å². The van der Waals surface area contributed by atoms with Crippen molar-refractivity contribution in [3.63, 3.8) is 0 Å². The summed E-state index contributed by atoms with van der Waals surface area (Å²) in [6, 6.07) is 0. The molecule has 0 saturated carbocycles.